The number of carbonyl (C=O) groups excluding carboxylic acids is 2. The van der Waals surface area contributed by atoms with Crippen molar-refractivity contribution in [3.63, 3.8) is 0 Å². The Kier molecular flexibility index (Phi) is 9.22. The summed E-state index contributed by atoms with van der Waals surface area (Å²) in [5.41, 5.74) is -0.585. The lowest BCUT2D eigenvalue weighted by molar-refractivity contribution is -0.143. The van der Waals surface area contributed by atoms with E-state index in [9.17, 15) is 35.9 Å². The third kappa shape index (κ3) is 7.29. The Morgan fingerprint density at radius 3 is 1.98 bits per heavy atom. The van der Waals surface area contributed by atoms with E-state index < -0.39 is 47.4 Å². The van der Waals surface area contributed by atoms with Crippen molar-refractivity contribution in [3.05, 3.63) is 101 Å². The van der Waals surface area contributed by atoms with Crippen molar-refractivity contribution >= 4 is 17.6 Å². The Bertz CT molecular complexity index is 1630. The Morgan fingerprint density at radius 2 is 1.43 bits per heavy atom. The molecule has 0 aliphatic rings. The molecule has 0 unspecified atom stereocenters. The molecule has 0 aliphatic heterocycles. The van der Waals surface area contributed by atoms with Crippen LogP contribution in [0.5, 0.6) is 0 Å². The number of amides is 2. The highest BCUT2D eigenvalue weighted by molar-refractivity contribution is 6.01. The number of hydrogen-bond acceptors (Lipinski definition) is 3. The summed E-state index contributed by atoms with van der Waals surface area (Å²) >= 11 is 0. The van der Waals surface area contributed by atoms with Crippen molar-refractivity contribution in [2.24, 2.45) is 5.92 Å². The summed E-state index contributed by atoms with van der Waals surface area (Å²) in [4.78, 5) is 27.9. The van der Waals surface area contributed by atoms with E-state index in [1.54, 1.807) is 31.5 Å². The standard InChI is InChI=1S/C32H30F6N4O2/c1-19(2)17-41(30(44)23-14-24(31(33,34)35)16-25(15-23)32(36,37)38)18-27(43)39-29-28(22-11-6-5-7-12-22)21(4)40-42(29)26-13-9-8-10-20(26)3/h5-16,19H,17-18H2,1-4H3,(H,39,43). The predicted molar refractivity (Wildman–Crippen MR) is 154 cm³/mol. The summed E-state index contributed by atoms with van der Waals surface area (Å²) in [6, 6.07) is 17.2. The predicted octanol–water partition coefficient (Wildman–Crippen LogP) is 7.93. The molecule has 0 saturated heterocycles. The highest BCUT2D eigenvalue weighted by Crippen LogP contribution is 2.37. The van der Waals surface area contributed by atoms with E-state index >= 15 is 0 Å². The van der Waals surface area contributed by atoms with Crippen LogP contribution in [0.2, 0.25) is 0 Å². The number of hydrogen-bond donors (Lipinski definition) is 1. The smallest absolute Gasteiger partial charge is 0.329 e. The number of aromatic nitrogens is 2. The van der Waals surface area contributed by atoms with E-state index in [0.717, 1.165) is 16.0 Å². The maximum atomic E-state index is 13.5. The van der Waals surface area contributed by atoms with E-state index in [-0.39, 0.29) is 18.5 Å². The third-order valence-electron chi connectivity index (χ3n) is 6.77. The summed E-state index contributed by atoms with van der Waals surface area (Å²) in [5.74, 6) is -1.83. The molecule has 0 atom stereocenters. The molecule has 0 aliphatic carbocycles. The molecular formula is C32H30F6N4O2. The van der Waals surface area contributed by atoms with Crippen molar-refractivity contribution in [1.29, 1.82) is 0 Å². The first-order chi connectivity index (χ1) is 20.6. The van der Waals surface area contributed by atoms with Crippen LogP contribution < -0.4 is 5.32 Å². The van der Waals surface area contributed by atoms with Crippen LogP contribution in [0.4, 0.5) is 32.2 Å². The first-order valence-electron chi connectivity index (χ1n) is 13.7. The molecule has 6 nitrogen and oxygen atoms in total. The van der Waals surface area contributed by atoms with Crippen LogP contribution in [0.3, 0.4) is 0 Å². The van der Waals surface area contributed by atoms with Crippen molar-refractivity contribution in [3.8, 4) is 16.8 Å². The summed E-state index contributed by atoms with van der Waals surface area (Å²) in [6.07, 6.45) is -10.3. The number of para-hydroxylation sites is 1. The van der Waals surface area contributed by atoms with Crippen LogP contribution in [0, 0.1) is 19.8 Å². The number of carbonyl (C=O) groups is 2. The first kappa shape index (κ1) is 32.3. The van der Waals surface area contributed by atoms with Crippen LogP contribution in [-0.2, 0) is 17.1 Å². The van der Waals surface area contributed by atoms with E-state index in [0.29, 0.717) is 34.9 Å². The van der Waals surface area contributed by atoms with Gasteiger partial charge in [-0.3, -0.25) is 9.59 Å². The molecule has 4 rings (SSSR count). The molecule has 1 N–H and O–H groups in total. The topological polar surface area (TPSA) is 67.2 Å². The summed E-state index contributed by atoms with van der Waals surface area (Å²) in [5, 5.41) is 7.47. The highest BCUT2D eigenvalue weighted by Gasteiger charge is 2.38. The number of nitrogens with zero attached hydrogens (tertiary/aromatic N) is 3. The maximum Gasteiger partial charge on any atom is 0.416 e. The van der Waals surface area contributed by atoms with Gasteiger partial charge in [0.15, 0.2) is 0 Å². The third-order valence-corrected chi connectivity index (χ3v) is 6.77. The molecule has 0 saturated carbocycles. The monoisotopic (exact) mass is 616 g/mol. The Hall–Kier alpha value is -4.61. The number of alkyl halides is 6. The summed E-state index contributed by atoms with van der Waals surface area (Å²) in [7, 11) is 0. The van der Waals surface area contributed by atoms with Gasteiger partial charge in [0.25, 0.3) is 5.91 Å². The molecule has 44 heavy (non-hydrogen) atoms. The molecule has 0 spiro atoms. The van der Waals surface area contributed by atoms with Gasteiger partial charge in [-0.15, -0.1) is 0 Å². The second kappa shape index (κ2) is 12.6. The molecule has 0 fully saturated rings. The molecule has 1 heterocycles. The Labute approximate surface area is 250 Å². The molecule has 232 valence electrons. The number of rotatable bonds is 8. The van der Waals surface area contributed by atoms with Gasteiger partial charge in [0.2, 0.25) is 5.91 Å². The zero-order valence-corrected chi connectivity index (χ0v) is 24.3. The minimum atomic E-state index is -5.13. The Morgan fingerprint density at radius 1 is 0.864 bits per heavy atom. The average Bonchev–Trinajstić information content (AvgIpc) is 3.26. The fourth-order valence-electron chi connectivity index (χ4n) is 4.83. The molecule has 4 aromatic rings. The average molecular weight is 617 g/mol. The van der Waals surface area contributed by atoms with Crippen molar-refractivity contribution < 1.29 is 35.9 Å². The maximum absolute atomic E-state index is 13.5. The number of halogens is 6. The SMILES string of the molecule is Cc1ccccc1-n1nc(C)c(-c2ccccc2)c1NC(=O)CN(CC(C)C)C(=O)c1cc(C(F)(F)F)cc(C(F)(F)F)c1. The van der Waals surface area contributed by atoms with E-state index in [1.165, 1.54) is 0 Å². The van der Waals surface area contributed by atoms with Crippen molar-refractivity contribution in [2.75, 3.05) is 18.4 Å². The lowest BCUT2D eigenvalue weighted by atomic mass is 10.0. The Balaban J connectivity index is 1.74. The number of nitrogens with one attached hydrogen (secondary N) is 1. The van der Waals surface area contributed by atoms with Gasteiger partial charge in [-0.2, -0.15) is 31.4 Å². The van der Waals surface area contributed by atoms with Gasteiger partial charge in [0, 0.05) is 17.7 Å². The zero-order chi connectivity index (χ0) is 32.4. The number of benzene rings is 3. The molecule has 12 heteroatoms. The van der Waals surface area contributed by atoms with Gasteiger partial charge in [-0.25, -0.2) is 4.68 Å². The number of anilines is 1. The summed E-state index contributed by atoms with van der Waals surface area (Å²) < 4.78 is 82.5. The zero-order valence-electron chi connectivity index (χ0n) is 24.3. The van der Waals surface area contributed by atoms with Crippen LogP contribution in [-0.4, -0.2) is 39.6 Å². The minimum Gasteiger partial charge on any atom is -0.329 e. The number of aryl methyl sites for hydroxylation is 2. The summed E-state index contributed by atoms with van der Waals surface area (Å²) in [6.45, 7) is 6.30. The molecule has 0 radical (unpaired) electrons. The fourth-order valence-corrected chi connectivity index (χ4v) is 4.83. The van der Waals surface area contributed by atoms with Crippen molar-refractivity contribution in [2.45, 2.75) is 40.0 Å². The minimum absolute atomic E-state index is 0.0452. The van der Waals surface area contributed by atoms with Gasteiger partial charge in [0.05, 0.1) is 22.5 Å². The fraction of sp³-hybridized carbons (Fsp3) is 0.281. The highest BCUT2D eigenvalue weighted by atomic mass is 19.4. The molecule has 3 aromatic carbocycles. The lowest BCUT2D eigenvalue weighted by Crippen LogP contribution is -2.40. The molecule has 0 bridgehead atoms. The second-order valence-corrected chi connectivity index (χ2v) is 10.8. The van der Waals surface area contributed by atoms with Crippen LogP contribution >= 0.6 is 0 Å². The molecular weight excluding hydrogens is 586 g/mol. The van der Waals surface area contributed by atoms with Crippen LogP contribution in [0.1, 0.15) is 46.6 Å². The largest absolute Gasteiger partial charge is 0.416 e. The van der Waals surface area contributed by atoms with Gasteiger partial charge < -0.3 is 10.2 Å². The van der Waals surface area contributed by atoms with E-state index in [1.807, 2.05) is 55.5 Å². The second-order valence-electron chi connectivity index (χ2n) is 10.8. The normalized spacial score (nSPS) is 12.0. The molecule has 1 aromatic heterocycles. The first-order valence-corrected chi connectivity index (χ1v) is 13.7. The van der Waals surface area contributed by atoms with E-state index in [2.05, 4.69) is 10.4 Å². The van der Waals surface area contributed by atoms with Crippen LogP contribution in [0.15, 0.2) is 72.8 Å². The molecule has 2 amide bonds. The van der Waals surface area contributed by atoms with Gasteiger partial charge in [0.1, 0.15) is 12.4 Å². The van der Waals surface area contributed by atoms with Gasteiger partial charge in [-0.05, 0) is 55.2 Å². The van der Waals surface area contributed by atoms with Gasteiger partial charge in [-0.1, -0.05) is 62.4 Å². The van der Waals surface area contributed by atoms with Gasteiger partial charge >= 0.3 is 12.4 Å². The van der Waals surface area contributed by atoms with Crippen LogP contribution in [0.25, 0.3) is 16.8 Å². The van der Waals surface area contributed by atoms with E-state index in [4.69, 9.17) is 0 Å². The quantitative estimate of drug-likeness (QED) is 0.205. The lowest BCUT2D eigenvalue weighted by Gasteiger charge is -2.25. The van der Waals surface area contributed by atoms with Crippen molar-refractivity contribution in [1.82, 2.24) is 14.7 Å².